The minimum Gasteiger partial charge on any atom is -0.372 e. The third-order valence-electron chi connectivity index (χ3n) is 1.92. The van der Waals surface area contributed by atoms with Crippen LogP contribution in [0.3, 0.4) is 0 Å². The number of hydrogen-bond donors (Lipinski definition) is 0. The average molecular weight is 233 g/mol. The fraction of sp³-hybridized carbons (Fsp3) is 0.500. The summed E-state index contributed by atoms with van der Waals surface area (Å²) in [6.07, 6.45) is 1.39. The molecule has 1 aliphatic heterocycles. The number of halogens is 1. The van der Waals surface area contributed by atoms with Gasteiger partial charge in [-0.2, -0.15) is 0 Å². The van der Waals surface area contributed by atoms with E-state index in [1.165, 1.54) is 10.4 Å². The van der Waals surface area contributed by atoms with E-state index in [0.717, 1.165) is 18.4 Å². The number of rotatable bonds is 1. The lowest BCUT2D eigenvalue weighted by atomic mass is 10.1. The smallest absolute Gasteiger partial charge is 0.0932 e. The van der Waals surface area contributed by atoms with Crippen molar-refractivity contribution >= 4 is 27.3 Å². The van der Waals surface area contributed by atoms with Crippen molar-refractivity contribution in [3.05, 3.63) is 21.9 Å². The summed E-state index contributed by atoms with van der Waals surface area (Å²) in [4.78, 5) is 1.50. The van der Waals surface area contributed by atoms with E-state index in [1.54, 1.807) is 0 Å². The second kappa shape index (κ2) is 3.25. The molecule has 0 bridgehead atoms. The van der Waals surface area contributed by atoms with Crippen LogP contribution in [0.4, 0.5) is 0 Å². The molecule has 0 saturated heterocycles. The van der Waals surface area contributed by atoms with Crippen LogP contribution in [0.5, 0.6) is 0 Å². The highest BCUT2D eigenvalue weighted by molar-refractivity contribution is 9.09. The Morgan fingerprint density at radius 1 is 1.73 bits per heavy atom. The maximum Gasteiger partial charge on any atom is 0.0932 e. The predicted octanol–water partition coefficient (Wildman–Crippen LogP) is 2.76. The van der Waals surface area contributed by atoms with Crippen molar-refractivity contribution in [2.45, 2.75) is 12.5 Å². The first-order chi connectivity index (χ1) is 5.42. The summed E-state index contributed by atoms with van der Waals surface area (Å²) in [5, 5.41) is 3.06. The molecule has 0 fully saturated rings. The third-order valence-corrected chi connectivity index (χ3v) is 3.50. The Balaban J connectivity index is 2.32. The van der Waals surface area contributed by atoms with E-state index >= 15 is 0 Å². The molecule has 1 atom stereocenters. The molecule has 1 aliphatic rings. The van der Waals surface area contributed by atoms with E-state index in [4.69, 9.17) is 4.74 Å². The molecule has 0 aliphatic carbocycles. The average Bonchev–Trinajstić information content (AvgIpc) is 2.50. The van der Waals surface area contributed by atoms with Crippen LogP contribution < -0.4 is 0 Å². The maximum atomic E-state index is 5.57. The van der Waals surface area contributed by atoms with Gasteiger partial charge in [0.15, 0.2) is 0 Å². The summed E-state index contributed by atoms with van der Waals surface area (Å²) in [5.41, 5.74) is 1.39. The van der Waals surface area contributed by atoms with Crippen molar-refractivity contribution in [2.24, 2.45) is 0 Å². The molecule has 2 rings (SSSR count). The molecule has 0 amide bonds. The predicted molar refractivity (Wildman–Crippen MR) is 50.5 cm³/mol. The minimum atomic E-state index is 0.296. The van der Waals surface area contributed by atoms with Crippen molar-refractivity contribution < 1.29 is 4.74 Å². The highest BCUT2D eigenvalue weighted by Crippen LogP contribution is 2.31. The molecular weight excluding hydrogens is 224 g/mol. The lowest BCUT2D eigenvalue weighted by molar-refractivity contribution is 0.0609. The van der Waals surface area contributed by atoms with Gasteiger partial charge < -0.3 is 4.74 Å². The van der Waals surface area contributed by atoms with E-state index in [9.17, 15) is 0 Å². The molecule has 60 valence electrons. The fourth-order valence-electron chi connectivity index (χ4n) is 1.35. The summed E-state index contributed by atoms with van der Waals surface area (Å²) in [7, 11) is 0. The Hall–Kier alpha value is 0.140. The second-order valence-corrected chi connectivity index (χ2v) is 4.21. The molecule has 0 unspecified atom stereocenters. The number of ether oxygens (including phenoxy) is 1. The van der Waals surface area contributed by atoms with E-state index in [2.05, 4.69) is 27.4 Å². The van der Waals surface area contributed by atoms with E-state index < -0.39 is 0 Å². The standard InChI is InChI=1S/C8H9BrOS/c9-5-7-6-2-4-11-8(6)1-3-10-7/h2,4,7H,1,3,5H2/t7-/m0/s1. The number of hydrogen-bond acceptors (Lipinski definition) is 2. The fourth-order valence-corrected chi connectivity index (χ4v) is 2.80. The van der Waals surface area contributed by atoms with Crippen molar-refractivity contribution in [3.63, 3.8) is 0 Å². The Morgan fingerprint density at radius 3 is 3.45 bits per heavy atom. The van der Waals surface area contributed by atoms with Gasteiger partial charge in [-0.25, -0.2) is 0 Å². The van der Waals surface area contributed by atoms with Crippen LogP contribution in [0.2, 0.25) is 0 Å². The first-order valence-electron chi connectivity index (χ1n) is 3.65. The molecule has 1 aromatic heterocycles. The molecule has 0 saturated carbocycles. The van der Waals surface area contributed by atoms with Gasteiger partial charge in [0, 0.05) is 16.6 Å². The van der Waals surface area contributed by atoms with Gasteiger partial charge >= 0.3 is 0 Å². The topological polar surface area (TPSA) is 9.23 Å². The zero-order chi connectivity index (χ0) is 7.68. The van der Waals surface area contributed by atoms with Gasteiger partial charge in [0.1, 0.15) is 0 Å². The molecule has 0 N–H and O–H groups in total. The van der Waals surface area contributed by atoms with Crippen molar-refractivity contribution in [3.8, 4) is 0 Å². The largest absolute Gasteiger partial charge is 0.372 e. The molecule has 0 radical (unpaired) electrons. The monoisotopic (exact) mass is 232 g/mol. The first-order valence-corrected chi connectivity index (χ1v) is 5.66. The van der Waals surface area contributed by atoms with Gasteiger partial charge in [-0.3, -0.25) is 0 Å². The molecule has 11 heavy (non-hydrogen) atoms. The lowest BCUT2D eigenvalue weighted by Gasteiger charge is -2.20. The number of fused-ring (bicyclic) bond motifs is 1. The van der Waals surface area contributed by atoms with Gasteiger partial charge in [-0.1, -0.05) is 15.9 Å². The van der Waals surface area contributed by atoms with Crippen LogP contribution in [0.25, 0.3) is 0 Å². The van der Waals surface area contributed by atoms with Crippen LogP contribution in [-0.4, -0.2) is 11.9 Å². The van der Waals surface area contributed by atoms with Gasteiger partial charge in [0.25, 0.3) is 0 Å². The van der Waals surface area contributed by atoms with Crippen LogP contribution in [0.1, 0.15) is 16.5 Å². The van der Waals surface area contributed by atoms with Crippen LogP contribution >= 0.6 is 27.3 Å². The Kier molecular flexibility index (Phi) is 2.30. The summed E-state index contributed by atoms with van der Waals surface area (Å²) in [6.45, 7) is 0.879. The maximum absolute atomic E-state index is 5.57. The molecule has 1 nitrogen and oxygen atoms in total. The molecular formula is C8H9BrOS. The van der Waals surface area contributed by atoms with Gasteiger partial charge in [-0.15, -0.1) is 11.3 Å². The summed E-state index contributed by atoms with van der Waals surface area (Å²) in [5.74, 6) is 0. The highest BCUT2D eigenvalue weighted by atomic mass is 79.9. The third kappa shape index (κ3) is 1.37. The molecule has 2 heterocycles. The summed E-state index contributed by atoms with van der Waals surface area (Å²) >= 11 is 5.29. The normalized spacial score (nSPS) is 23.2. The summed E-state index contributed by atoms with van der Waals surface area (Å²) < 4.78 is 5.57. The van der Waals surface area contributed by atoms with Crippen molar-refractivity contribution in [2.75, 3.05) is 11.9 Å². The molecule has 1 aromatic rings. The molecule has 0 spiro atoms. The number of thiophene rings is 1. The van der Waals surface area contributed by atoms with E-state index in [1.807, 2.05) is 11.3 Å². The summed E-state index contributed by atoms with van der Waals surface area (Å²) in [6, 6.07) is 2.17. The SMILES string of the molecule is BrC[C@@H]1OCCc2sccc21. The van der Waals surface area contributed by atoms with Gasteiger partial charge in [0.2, 0.25) is 0 Å². The Bertz CT molecular complexity index is 246. The quantitative estimate of drug-likeness (QED) is 0.677. The van der Waals surface area contributed by atoms with Gasteiger partial charge in [0.05, 0.1) is 12.7 Å². The zero-order valence-electron chi connectivity index (χ0n) is 6.05. The number of alkyl halides is 1. The van der Waals surface area contributed by atoms with Crippen LogP contribution in [0.15, 0.2) is 11.4 Å². The van der Waals surface area contributed by atoms with Gasteiger partial charge in [-0.05, 0) is 17.0 Å². The van der Waals surface area contributed by atoms with E-state index in [-0.39, 0.29) is 0 Å². The highest BCUT2D eigenvalue weighted by Gasteiger charge is 2.20. The van der Waals surface area contributed by atoms with Crippen LogP contribution in [-0.2, 0) is 11.2 Å². The first kappa shape index (κ1) is 7.77. The minimum absolute atomic E-state index is 0.296. The Labute approximate surface area is 78.5 Å². The Morgan fingerprint density at radius 2 is 2.64 bits per heavy atom. The van der Waals surface area contributed by atoms with Crippen molar-refractivity contribution in [1.29, 1.82) is 0 Å². The van der Waals surface area contributed by atoms with Crippen LogP contribution in [0, 0.1) is 0 Å². The molecule has 3 heteroatoms. The lowest BCUT2D eigenvalue weighted by Crippen LogP contribution is -2.14. The molecule has 0 aromatic carbocycles. The van der Waals surface area contributed by atoms with E-state index in [0.29, 0.717) is 6.10 Å². The second-order valence-electron chi connectivity index (χ2n) is 2.56. The van der Waals surface area contributed by atoms with Crippen molar-refractivity contribution in [1.82, 2.24) is 0 Å². The zero-order valence-corrected chi connectivity index (χ0v) is 8.45.